The molecule has 29 heavy (non-hydrogen) atoms. The van der Waals surface area contributed by atoms with Crippen molar-refractivity contribution in [2.24, 2.45) is 5.92 Å². The number of hydrogen-bond acceptors (Lipinski definition) is 3. The number of anilines is 1. The summed E-state index contributed by atoms with van der Waals surface area (Å²) in [4.78, 5) is 14.5. The number of ether oxygens (including phenoxy) is 1. The molecule has 0 radical (unpaired) electrons. The van der Waals surface area contributed by atoms with E-state index < -0.39 is 0 Å². The van der Waals surface area contributed by atoms with Gasteiger partial charge in [-0.25, -0.2) is 8.78 Å². The van der Waals surface area contributed by atoms with E-state index in [-0.39, 0.29) is 35.3 Å². The van der Waals surface area contributed by atoms with Crippen LogP contribution in [-0.2, 0) is 4.79 Å². The van der Waals surface area contributed by atoms with E-state index in [2.05, 4.69) is 0 Å². The van der Waals surface area contributed by atoms with E-state index in [1.165, 1.54) is 24.3 Å². The number of carbonyl (C=O) groups is 1. The number of benzene rings is 3. The van der Waals surface area contributed by atoms with E-state index in [0.717, 1.165) is 5.56 Å². The third-order valence-electron chi connectivity index (χ3n) is 5.06. The van der Waals surface area contributed by atoms with Crippen molar-refractivity contribution < 1.29 is 23.4 Å². The van der Waals surface area contributed by atoms with Crippen LogP contribution in [-0.4, -0.2) is 17.6 Å². The first kappa shape index (κ1) is 18.9. The Morgan fingerprint density at radius 3 is 2.07 bits per heavy atom. The van der Waals surface area contributed by atoms with Gasteiger partial charge < -0.3 is 14.7 Å². The molecule has 1 heterocycles. The van der Waals surface area contributed by atoms with Crippen molar-refractivity contribution in [1.82, 2.24) is 0 Å². The molecule has 1 aliphatic rings. The van der Waals surface area contributed by atoms with Gasteiger partial charge >= 0.3 is 0 Å². The van der Waals surface area contributed by atoms with Crippen LogP contribution in [0.4, 0.5) is 14.5 Å². The predicted molar refractivity (Wildman–Crippen MR) is 105 cm³/mol. The van der Waals surface area contributed by atoms with Crippen molar-refractivity contribution in [3.8, 4) is 11.5 Å². The van der Waals surface area contributed by atoms with E-state index >= 15 is 0 Å². The second kappa shape index (κ2) is 7.91. The summed E-state index contributed by atoms with van der Waals surface area (Å²) in [6, 6.07) is 18.0. The van der Waals surface area contributed by atoms with Gasteiger partial charge in [-0.2, -0.15) is 0 Å². The molecular weight excluding hydrogens is 376 g/mol. The van der Waals surface area contributed by atoms with Gasteiger partial charge in [-0.3, -0.25) is 4.79 Å². The van der Waals surface area contributed by atoms with Crippen LogP contribution in [0.15, 0.2) is 72.8 Å². The van der Waals surface area contributed by atoms with Crippen LogP contribution >= 0.6 is 0 Å². The fraction of sp³-hybridized carbons (Fsp3) is 0.174. The number of halogens is 2. The van der Waals surface area contributed by atoms with Crippen LogP contribution in [0.3, 0.4) is 0 Å². The summed E-state index contributed by atoms with van der Waals surface area (Å²) in [7, 11) is 0. The van der Waals surface area contributed by atoms with Crippen molar-refractivity contribution in [2.75, 3.05) is 11.5 Å². The lowest BCUT2D eigenvalue weighted by molar-refractivity contribution is -0.131. The summed E-state index contributed by atoms with van der Waals surface area (Å²) in [6.07, 6.45) is 0.472. The molecule has 1 N–H and O–H groups in total. The Hall–Kier alpha value is -3.41. The maximum Gasteiger partial charge on any atom is 0.233 e. The summed E-state index contributed by atoms with van der Waals surface area (Å²) in [5, 5.41) is 9.58. The molecule has 1 amide bonds. The van der Waals surface area contributed by atoms with Crippen molar-refractivity contribution in [2.45, 2.75) is 12.5 Å². The quantitative estimate of drug-likeness (QED) is 0.608. The first-order valence-electron chi connectivity index (χ1n) is 9.29. The van der Waals surface area contributed by atoms with Crippen LogP contribution in [0, 0.1) is 17.6 Å². The van der Waals surface area contributed by atoms with Crippen molar-refractivity contribution in [3.63, 3.8) is 0 Å². The average molecular weight is 395 g/mol. The lowest BCUT2D eigenvalue weighted by Gasteiger charge is -2.47. The lowest BCUT2D eigenvalue weighted by atomic mass is 9.80. The van der Waals surface area contributed by atoms with Gasteiger partial charge in [-0.15, -0.1) is 0 Å². The molecule has 3 aromatic rings. The Morgan fingerprint density at radius 1 is 0.862 bits per heavy atom. The number of phenolic OH excluding ortho intramolecular Hbond substituents is 1. The number of phenols is 1. The van der Waals surface area contributed by atoms with Gasteiger partial charge in [0, 0.05) is 5.69 Å². The molecule has 6 heteroatoms. The number of rotatable bonds is 6. The first-order valence-corrected chi connectivity index (χ1v) is 9.29. The topological polar surface area (TPSA) is 49.8 Å². The lowest BCUT2D eigenvalue weighted by Crippen LogP contribution is -2.55. The fourth-order valence-electron chi connectivity index (χ4n) is 3.61. The summed E-state index contributed by atoms with van der Waals surface area (Å²) in [5.41, 5.74) is 1.49. The van der Waals surface area contributed by atoms with Gasteiger partial charge in [0.25, 0.3) is 0 Å². The summed E-state index contributed by atoms with van der Waals surface area (Å²) in [6.45, 7) is 0.299. The van der Waals surface area contributed by atoms with Crippen LogP contribution < -0.4 is 9.64 Å². The maximum atomic E-state index is 13.3. The Bertz CT molecular complexity index is 988. The highest BCUT2D eigenvalue weighted by Crippen LogP contribution is 2.45. The summed E-state index contributed by atoms with van der Waals surface area (Å²) < 4.78 is 31.9. The zero-order valence-corrected chi connectivity index (χ0v) is 15.5. The molecule has 3 aromatic carbocycles. The number of β-lactam (4-membered cyclic amide) rings is 1. The minimum Gasteiger partial charge on any atom is -0.508 e. The number of amides is 1. The molecule has 1 aliphatic heterocycles. The zero-order valence-electron chi connectivity index (χ0n) is 15.5. The Kier molecular flexibility index (Phi) is 5.16. The normalized spacial score (nSPS) is 18.4. The maximum absolute atomic E-state index is 13.3. The molecule has 148 valence electrons. The first-order chi connectivity index (χ1) is 14.0. The molecule has 2 unspecified atom stereocenters. The van der Waals surface area contributed by atoms with Gasteiger partial charge in [0.05, 0.1) is 18.6 Å². The second-order valence-electron chi connectivity index (χ2n) is 6.92. The summed E-state index contributed by atoms with van der Waals surface area (Å²) in [5.74, 6) is -0.415. The molecule has 4 rings (SSSR count). The van der Waals surface area contributed by atoms with Gasteiger partial charge in [0.1, 0.15) is 23.1 Å². The standard InChI is InChI=1S/C23H19F2NO3/c24-16-3-7-18(8-4-16)26-22(15-1-9-19(27)10-2-15)21(23(26)28)13-14-29-20-11-5-17(25)6-12-20/h1-12,21-22,27H,13-14H2. The molecule has 0 spiro atoms. The third-order valence-corrected chi connectivity index (χ3v) is 5.06. The van der Waals surface area contributed by atoms with Gasteiger partial charge in [0.15, 0.2) is 0 Å². The minimum atomic E-state index is -0.368. The SMILES string of the molecule is O=C1C(CCOc2ccc(F)cc2)C(c2ccc(O)cc2)N1c1ccc(F)cc1. The van der Waals surface area contributed by atoms with Crippen molar-refractivity contribution in [1.29, 1.82) is 0 Å². The highest BCUT2D eigenvalue weighted by molar-refractivity contribution is 6.03. The molecule has 0 saturated carbocycles. The van der Waals surface area contributed by atoms with Crippen molar-refractivity contribution >= 4 is 11.6 Å². The molecule has 4 nitrogen and oxygen atoms in total. The Labute approximate surface area is 167 Å². The Balaban J connectivity index is 1.52. The predicted octanol–water partition coefficient (Wildman–Crippen LogP) is 4.84. The fourth-order valence-corrected chi connectivity index (χ4v) is 3.61. The van der Waals surface area contributed by atoms with E-state index in [9.17, 15) is 18.7 Å². The molecular formula is C23H19F2NO3. The molecule has 1 saturated heterocycles. The molecule has 1 fully saturated rings. The van der Waals surface area contributed by atoms with E-state index in [4.69, 9.17) is 4.74 Å². The second-order valence-corrected chi connectivity index (χ2v) is 6.92. The Morgan fingerprint density at radius 2 is 1.45 bits per heavy atom. The highest BCUT2D eigenvalue weighted by Gasteiger charge is 2.48. The summed E-state index contributed by atoms with van der Waals surface area (Å²) >= 11 is 0. The van der Waals surface area contributed by atoms with E-state index in [1.807, 2.05) is 0 Å². The number of aromatic hydroxyl groups is 1. The van der Waals surface area contributed by atoms with Gasteiger partial charge in [0.2, 0.25) is 5.91 Å². The van der Waals surface area contributed by atoms with Crippen LogP contribution in [0.25, 0.3) is 0 Å². The van der Waals surface area contributed by atoms with Crippen LogP contribution in [0.2, 0.25) is 0 Å². The molecule has 2 atom stereocenters. The molecule has 0 aromatic heterocycles. The largest absolute Gasteiger partial charge is 0.508 e. The van der Waals surface area contributed by atoms with Crippen molar-refractivity contribution in [3.05, 3.63) is 90.0 Å². The third kappa shape index (κ3) is 3.92. The number of nitrogens with zero attached hydrogens (tertiary/aromatic N) is 1. The molecule has 0 aliphatic carbocycles. The smallest absolute Gasteiger partial charge is 0.233 e. The minimum absolute atomic E-state index is 0.0719. The van der Waals surface area contributed by atoms with Gasteiger partial charge in [-0.1, -0.05) is 12.1 Å². The van der Waals surface area contributed by atoms with Crippen LogP contribution in [0.5, 0.6) is 11.5 Å². The molecule has 0 bridgehead atoms. The van der Waals surface area contributed by atoms with Gasteiger partial charge in [-0.05, 0) is 72.6 Å². The monoisotopic (exact) mass is 395 g/mol. The zero-order chi connectivity index (χ0) is 20.4. The van der Waals surface area contributed by atoms with E-state index in [0.29, 0.717) is 24.5 Å². The van der Waals surface area contributed by atoms with E-state index in [1.54, 1.807) is 53.4 Å². The number of hydrogen-bond donors (Lipinski definition) is 1. The number of carbonyl (C=O) groups excluding carboxylic acids is 1. The highest BCUT2D eigenvalue weighted by atomic mass is 19.1. The average Bonchev–Trinajstić information content (AvgIpc) is 2.72. The van der Waals surface area contributed by atoms with Crippen LogP contribution in [0.1, 0.15) is 18.0 Å².